The number of rotatable bonds is 3. The fraction of sp³-hybridized carbons (Fsp3) is 0.786. The summed E-state index contributed by atoms with van der Waals surface area (Å²) in [5, 5.41) is 0. The SMILES string of the molecule is COC(=O)C1CCCCN1C(=O)C1(C(N)=S)CCCC1. The number of amides is 1. The molecule has 0 aromatic rings. The number of piperidine rings is 1. The van der Waals surface area contributed by atoms with E-state index in [1.165, 1.54) is 7.11 Å². The van der Waals surface area contributed by atoms with Crippen LogP contribution in [0, 0.1) is 5.41 Å². The van der Waals surface area contributed by atoms with Crippen LogP contribution >= 0.6 is 12.2 Å². The summed E-state index contributed by atoms with van der Waals surface area (Å²) in [4.78, 5) is 26.8. The fourth-order valence-electron chi connectivity index (χ4n) is 3.37. The van der Waals surface area contributed by atoms with Crippen LogP contribution < -0.4 is 5.73 Å². The van der Waals surface area contributed by atoms with E-state index in [1.807, 2.05) is 0 Å². The molecule has 0 radical (unpaired) electrons. The Morgan fingerprint density at radius 1 is 1.25 bits per heavy atom. The molecule has 0 aromatic carbocycles. The first-order valence-corrected chi connectivity index (χ1v) is 7.62. The number of nitrogens with zero attached hydrogens (tertiary/aromatic N) is 1. The minimum atomic E-state index is -0.737. The molecule has 2 aliphatic rings. The highest BCUT2D eigenvalue weighted by molar-refractivity contribution is 7.80. The summed E-state index contributed by atoms with van der Waals surface area (Å²) >= 11 is 5.16. The van der Waals surface area contributed by atoms with Gasteiger partial charge in [0.1, 0.15) is 6.04 Å². The number of ether oxygens (including phenoxy) is 1. The third-order valence-electron chi connectivity index (χ3n) is 4.58. The molecule has 6 heteroatoms. The van der Waals surface area contributed by atoms with Crippen LogP contribution in [0.15, 0.2) is 0 Å². The normalized spacial score (nSPS) is 25.2. The molecule has 1 unspecified atom stereocenters. The summed E-state index contributed by atoms with van der Waals surface area (Å²) in [5.74, 6) is -0.410. The molecule has 1 saturated carbocycles. The van der Waals surface area contributed by atoms with Crippen molar-refractivity contribution in [3.63, 3.8) is 0 Å². The van der Waals surface area contributed by atoms with E-state index in [-0.39, 0.29) is 16.9 Å². The van der Waals surface area contributed by atoms with Crippen LogP contribution in [0.3, 0.4) is 0 Å². The molecule has 1 atom stereocenters. The Morgan fingerprint density at radius 3 is 2.45 bits per heavy atom. The molecule has 2 N–H and O–H groups in total. The van der Waals surface area contributed by atoms with Gasteiger partial charge in [-0.25, -0.2) is 4.79 Å². The van der Waals surface area contributed by atoms with Crippen molar-refractivity contribution in [2.24, 2.45) is 11.1 Å². The first-order chi connectivity index (χ1) is 9.53. The van der Waals surface area contributed by atoms with Crippen molar-refractivity contribution in [3.8, 4) is 0 Å². The number of methoxy groups -OCH3 is 1. The van der Waals surface area contributed by atoms with E-state index in [0.717, 1.165) is 25.7 Å². The first-order valence-electron chi connectivity index (χ1n) is 7.22. The molecule has 2 fully saturated rings. The highest BCUT2D eigenvalue weighted by Crippen LogP contribution is 2.41. The molecule has 0 spiro atoms. The third kappa shape index (κ3) is 2.53. The van der Waals surface area contributed by atoms with Crippen molar-refractivity contribution in [3.05, 3.63) is 0 Å². The minimum Gasteiger partial charge on any atom is -0.467 e. The fourth-order valence-corrected chi connectivity index (χ4v) is 3.67. The van der Waals surface area contributed by atoms with Gasteiger partial charge < -0.3 is 15.4 Å². The molecule has 5 nitrogen and oxygen atoms in total. The van der Waals surface area contributed by atoms with Crippen molar-refractivity contribution >= 4 is 29.1 Å². The molecule has 1 amide bonds. The molecular weight excluding hydrogens is 276 g/mol. The summed E-state index contributed by atoms with van der Waals surface area (Å²) < 4.78 is 4.83. The lowest BCUT2D eigenvalue weighted by atomic mass is 9.83. The van der Waals surface area contributed by atoms with Crippen LogP contribution in [-0.4, -0.2) is 41.5 Å². The quantitative estimate of drug-likeness (QED) is 0.629. The molecular formula is C14H22N2O3S. The van der Waals surface area contributed by atoms with Gasteiger partial charge in [0.15, 0.2) is 0 Å². The smallest absolute Gasteiger partial charge is 0.328 e. The summed E-state index contributed by atoms with van der Waals surface area (Å²) in [6.45, 7) is 0.586. The molecule has 112 valence electrons. The number of hydrogen-bond donors (Lipinski definition) is 1. The maximum atomic E-state index is 12.9. The maximum absolute atomic E-state index is 12.9. The second-order valence-electron chi connectivity index (χ2n) is 5.69. The summed E-state index contributed by atoms with van der Waals surface area (Å²) in [7, 11) is 1.36. The predicted molar refractivity (Wildman–Crippen MR) is 79.1 cm³/mol. The monoisotopic (exact) mass is 298 g/mol. The highest BCUT2D eigenvalue weighted by atomic mass is 32.1. The highest BCUT2D eigenvalue weighted by Gasteiger charge is 2.48. The van der Waals surface area contributed by atoms with Crippen molar-refractivity contribution < 1.29 is 14.3 Å². The number of nitrogens with two attached hydrogens (primary N) is 1. The average Bonchev–Trinajstić information content (AvgIpc) is 2.96. The standard InChI is InChI=1S/C14H22N2O3S/c1-19-11(17)10-6-2-5-9-16(10)13(18)14(12(15)20)7-3-4-8-14/h10H,2-9H2,1H3,(H2,15,20). The summed E-state index contributed by atoms with van der Waals surface area (Å²) in [5.41, 5.74) is 5.12. The van der Waals surface area contributed by atoms with Crippen molar-refractivity contribution in [2.75, 3.05) is 13.7 Å². The van der Waals surface area contributed by atoms with E-state index in [2.05, 4.69) is 0 Å². The van der Waals surface area contributed by atoms with E-state index in [4.69, 9.17) is 22.7 Å². The van der Waals surface area contributed by atoms with E-state index in [1.54, 1.807) is 4.90 Å². The Balaban J connectivity index is 2.24. The molecule has 20 heavy (non-hydrogen) atoms. The molecule has 1 heterocycles. The molecule has 2 rings (SSSR count). The maximum Gasteiger partial charge on any atom is 0.328 e. The zero-order valence-corrected chi connectivity index (χ0v) is 12.7. The van der Waals surface area contributed by atoms with Crippen molar-refractivity contribution in [1.29, 1.82) is 0 Å². The van der Waals surface area contributed by atoms with Gasteiger partial charge in [-0.05, 0) is 32.1 Å². The average molecular weight is 298 g/mol. The number of likely N-dealkylation sites (tertiary alicyclic amines) is 1. The van der Waals surface area contributed by atoms with E-state index < -0.39 is 11.5 Å². The van der Waals surface area contributed by atoms with Gasteiger partial charge in [0.25, 0.3) is 0 Å². The number of carbonyl (C=O) groups is 2. The largest absolute Gasteiger partial charge is 0.467 e. The Morgan fingerprint density at radius 2 is 1.90 bits per heavy atom. The minimum absolute atomic E-state index is 0.0717. The lowest BCUT2D eigenvalue weighted by molar-refractivity contribution is -0.157. The van der Waals surface area contributed by atoms with Gasteiger partial charge in [-0.1, -0.05) is 25.1 Å². The van der Waals surface area contributed by atoms with Gasteiger partial charge >= 0.3 is 5.97 Å². The summed E-state index contributed by atoms with van der Waals surface area (Å²) in [6, 6.07) is -0.479. The zero-order chi connectivity index (χ0) is 14.8. The molecule has 0 bridgehead atoms. The molecule has 1 aliphatic carbocycles. The lowest BCUT2D eigenvalue weighted by Gasteiger charge is -2.39. The van der Waals surface area contributed by atoms with Gasteiger partial charge in [-0.2, -0.15) is 0 Å². The Hall–Kier alpha value is -1.17. The Bertz CT molecular complexity index is 419. The van der Waals surface area contributed by atoms with Crippen LogP contribution in [0.2, 0.25) is 0 Å². The number of carbonyl (C=O) groups excluding carboxylic acids is 2. The van der Waals surface area contributed by atoms with Crippen LogP contribution in [0.1, 0.15) is 44.9 Å². The zero-order valence-electron chi connectivity index (χ0n) is 11.9. The van der Waals surface area contributed by atoms with Gasteiger partial charge in [-0.3, -0.25) is 4.79 Å². The summed E-state index contributed by atoms with van der Waals surface area (Å²) in [6.07, 6.45) is 5.82. The third-order valence-corrected chi connectivity index (χ3v) is 4.97. The van der Waals surface area contributed by atoms with Gasteiger partial charge in [0.05, 0.1) is 17.5 Å². The molecule has 1 aliphatic heterocycles. The van der Waals surface area contributed by atoms with E-state index in [9.17, 15) is 9.59 Å². The second-order valence-corrected chi connectivity index (χ2v) is 6.13. The Kier molecular flexibility index (Phi) is 4.62. The Labute approximate surface area is 124 Å². The number of hydrogen-bond acceptors (Lipinski definition) is 4. The van der Waals surface area contributed by atoms with Crippen LogP contribution in [-0.2, 0) is 14.3 Å². The first kappa shape index (κ1) is 15.2. The van der Waals surface area contributed by atoms with Gasteiger partial charge in [0, 0.05) is 6.54 Å². The van der Waals surface area contributed by atoms with Crippen LogP contribution in [0.5, 0.6) is 0 Å². The van der Waals surface area contributed by atoms with Crippen LogP contribution in [0.25, 0.3) is 0 Å². The topological polar surface area (TPSA) is 72.6 Å². The molecule has 0 aromatic heterocycles. The van der Waals surface area contributed by atoms with E-state index in [0.29, 0.717) is 25.8 Å². The van der Waals surface area contributed by atoms with Crippen molar-refractivity contribution in [1.82, 2.24) is 4.90 Å². The van der Waals surface area contributed by atoms with Crippen molar-refractivity contribution in [2.45, 2.75) is 51.0 Å². The number of esters is 1. The predicted octanol–water partition coefficient (Wildman–Crippen LogP) is 1.39. The lowest BCUT2D eigenvalue weighted by Crippen LogP contribution is -2.56. The van der Waals surface area contributed by atoms with Gasteiger partial charge in [-0.15, -0.1) is 0 Å². The van der Waals surface area contributed by atoms with E-state index >= 15 is 0 Å². The molecule has 1 saturated heterocycles. The van der Waals surface area contributed by atoms with Crippen LogP contribution in [0.4, 0.5) is 0 Å². The second kappa shape index (κ2) is 6.08. The van der Waals surface area contributed by atoms with Gasteiger partial charge in [0.2, 0.25) is 5.91 Å². The number of thiocarbonyl (C=S) groups is 1.